The SMILES string of the molecule is O=S(=O)(Nc1cnc(Br)cn1)c1cccc2cnccc12. The summed E-state index contributed by atoms with van der Waals surface area (Å²) in [5.74, 6) is 0.157. The quantitative estimate of drug-likeness (QED) is 0.771. The van der Waals surface area contributed by atoms with E-state index in [1.165, 1.54) is 18.5 Å². The van der Waals surface area contributed by atoms with Crippen molar-refractivity contribution in [3.05, 3.63) is 53.7 Å². The highest BCUT2D eigenvalue weighted by Gasteiger charge is 2.18. The molecule has 0 aliphatic carbocycles. The molecular formula is C13H9BrN4O2S. The Labute approximate surface area is 129 Å². The van der Waals surface area contributed by atoms with Crippen molar-refractivity contribution in [3.8, 4) is 0 Å². The Kier molecular flexibility index (Phi) is 3.56. The van der Waals surface area contributed by atoms with E-state index >= 15 is 0 Å². The van der Waals surface area contributed by atoms with Crippen molar-refractivity contribution in [3.63, 3.8) is 0 Å². The van der Waals surface area contributed by atoms with Gasteiger partial charge in [-0.05, 0) is 28.1 Å². The summed E-state index contributed by atoms with van der Waals surface area (Å²) in [7, 11) is -3.75. The second-order valence-electron chi connectivity index (χ2n) is 4.18. The van der Waals surface area contributed by atoms with E-state index < -0.39 is 10.0 Å². The Morgan fingerprint density at radius 1 is 1.05 bits per heavy atom. The van der Waals surface area contributed by atoms with Crippen LogP contribution in [0.2, 0.25) is 0 Å². The molecule has 0 aliphatic rings. The fraction of sp³-hybridized carbons (Fsp3) is 0. The van der Waals surface area contributed by atoms with Crippen LogP contribution in [0.5, 0.6) is 0 Å². The minimum Gasteiger partial charge on any atom is -0.264 e. The third-order valence-electron chi connectivity index (χ3n) is 2.79. The molecule has 1 N–H and O–H groups in total. The first-order chi connectivity index (χ1) is 10.1. The molecule has 0 saturated carbocycles. The van der Waals surface area contributed by atoms with Gasteiger partial charge >= 0.3 is 0 Å². The van der Waals surface area contributed by atoms with Gasteiger partial charge in [-0.2, -0.15) is 0 Å². The third kappa shape index (κ3) is 2.86. The molecule has 3 aromatic rings. The summed E-state index contributed by atoms with van der Waals surface area (Å²) in [4.78, 5) is 12.1. The summed E-state index contributed by atoms with van der Waals surface area (Å²) in [6, 6.07) is 6.68. The largest absolute Gasteiger partial charge is 0.264 e. The van der Waals surface area contributed by atoms with Gasteiger partial charge in [0.25, 0.3) is 10.0 Å². The van der Waals surface area contributed by atoms with Crippen LogP contribution in [0.3, 0.4) is 0 Å². The summed E-state index contributed by atoms with van der Waals surface area (Å²) in [6.07, 6.45) is 5.94. The number of nitrogens with zero attached hydrogens (tertiary/aromatic N) is 3. The Morgan fingerprint density at radius 3 is 2.67 bits per heavy atom. The molecule has 106 valence electrons. The highest BCUT2D eigenvalue weighted by atomic mass is 79.9. The first-order valence-corrected chi connectivity index (χ1v) is 8.17. The van der Waals surface area contributed by atoms with E-state index in [0.29, 0.717) is 9.99 Å². The van der Waals surface area contributed by atoms with Crippen LogP contribution in [0.4, 0.5) is 5.82 Å². The molecule has 1 aromatic carbocycles. The molecule has 6 nitrogen and oxygen atoms in total. The Hall–Kier alpha value is -2.06. The summed E-state index contributed by atoms with van der Waals surface area (Å²) >= 11 is 3.14. The zero-order valence-electron chi connectivity index (χ0n) is 10.6. The predicted molar refractivity (Wildman–Crippen MR) is 82.3 cm³/mol. The van der Waals surface area contributed by atoms with Crippen LogP contribution < -0.4 is 4.72 Å². The summed E-state index contributed by atoms with van der Waals surface area (Å²) in [5, 5.41) is 1.35. The lowest BCUT2D eigenvalue weighted by atomic mass is 10.2. The van der Waals surface area contributed by atoms with Crippen molar-refractivity contribution in [2.75, 3.05) is 4.72 Å². The monoisotopic (exact) mass is 364 g/mol. The van der Waals surface area contributed by atoms with Gasteiger partial charge in [0.15, 0.2) is 5.82 Å². The summed E-state index contributed by atoms with van der Waals surface area (Å²) < 4.78 is 27.9. The number of rotatable bonds is 3. The smallest absolute Gasteiger partial charge is 0.263 e. The Morgan fingerprint density at radius 2 is 1.90 bits per heavy atom. The Balaban J connectivity index is 2.06. The van der Waals surface area contributed by atoms with E-state index in [2.05, 4.69) is 35.6 Å². The van der Waals surface area contributed by atoms with Crippen molar-refractivity contribution < 1.29 is 8.42 Å². The Bertz CT molecular complexity index is 892. The second-order valence-corrected chi connectivity index (χ2v) is 6.65. The fourth-order valence-electron chi connectivity index (χ4n) is 1.88. The van der Waals surface area contributed by atoms with E-state index in [-0.39, 0.29) is 10.7 Å². The molecule has 8 heteroatoms. The lowest BCUT2D eigenvalue weighted by Crippen LogP contribution is -2.14. The molecule has 0 fully saturated rings. The number of aromatic nitrogens is 3. The van der Waals surface area contributed by atoms with Gasteiger partial charge < -0.3 is 0 Å². The maximum Gasteiger partial charge on any atom is 0.263 e. The number of hydrogen-bond donors (Lipinski definition) is 1. The van der Waals surface area contributed by atoms with Gasteiger partial charge in [0.05, 0.1) is 17.3 Å². The first-order valence-electron chi connectivity index (χ1n) is 5.89. The number of halogens is 1. The molecule has 0 saturated heterocycles. The molecule has 0 aliphatic heterocycles. The van der Waals surface area contributed by atoms with Gasteiger partial charge in [0.1, 0.15) is 4.60 Å². The van der Waals surface area contributed by atoms with Crippen molar-refractivity contribution in [1.29, 1.82) is 0 Å². The molecule has 0 atom stereocenters. The minimum absolute atomic E-state index is 0.157. The average molecular weight is 365 g/mol. The van der Waals surface area contributed by atoms with Gasteiger partial charge in [0.2, 0.25) is 0 Å². The van der Waals surface area contributed by atoms with E-state index in [0.717, 1.165) is 5.39 Å². The van der Waals surface area contributed by atoms with Crippen LogP contribution in [0, 0.1) is 0 Å². The fourth-order valence-corrected chi connectivity index (χ4v) is 3.31. The highest BCUT2D eigenvalue weighted by molar-refractivity contribution is 9.10. The average Bonchev–Trinajstić information content (AvgIpc) is 2.49. The zero-order valence-corrected chi connectivity index (χ0v) is 13.0. The molecule has 2 aromatic heterocycles. The van der Waals surface area contributed by atoms with Crippen LogP contribution in [0.25, 0.3) is 10.8 Å². The number of benzene rings is 1. The van der Waals surface area contributed by atoms with E-state index in [1.54, 1.807) is 30.6 Å². The normalized spacial score (nSPS) is 11.5. The molecule has 21 heavy (non-hydrogen) atoms. The molecule has 0 amide bonds. The lowest BCUT2D eigenvalue weighted by molar-refractivity contribution is 0.602. The molecule has 0 spiro atoms. The van der Waals surface area contributed by atoms with Crippen LogP contribution in [-0.2, 0) is 10.0 Å². The zero-order chi connectivity index (χ0) is 14.9. The van der Waals surface area contributed by atoms with Crippen molar-refractivity contribution in [2.24, 2.45) is 0 Å². The van der Waals surface area contributed by atoms with Crippen molar-refractivity contribution in [2.45, 2.75) is 4.90 Å². The van der Waals surface area contributed by atoms with Gasteiger partial charge in [-0.3, -0.25) is 9.71 Å². The number of anilines is 1. The van der Waals surface area contributed by atoms with Crippen molar-refractivity contribution >= 4 is 42.5 Å². The number of fused-ring (bicyclic) bond motifs is 1. The van der Waals surface area contributed by atoms with Crippen molar-refractivity contribution in [1.82, 2.24) is 15.0 Å². The maximum atomic E-state index is 12.5. The van der Waals surface area contributed by atoms with Crippen LogP contribution >= 0.6 is 15.9 Å². The number of pyridine rings is 1. The summed E-state index contributed by atoms with van der Waals surface area (Å²) in [5.41, 5.74) is 0. The second kappa shape index (κ2) is 5.38. The minimum atomic E-state index is -3.75. The van der Waals surface area contributed by atoms with E-state index in [4.69, 9.17) is 0 Å². The molecule has 0 bridgehead atoms. The predicted octanol–water partition coefficient (Wildman–Crippen LogP) is 2.59. The standard InChI is InChI=1S/C13H9BrN4O2S/c14-12-7-17-13(8-16-12)18-21(19,20)11-3-1-2-9-6-15-5-4-10(9)11/h1-8H,(H,17,18). The van der Waals surface area contributed by atoms with Crippen LogP contribution in [-0.4, -0.2) is 23.4 Å². The van der Waals surface area contributed by atoms with Gasteiger partial charge in [-0.1, -0.05) is 12.1 Å². The first kappa shape index (κ1) is 13.9. The number of sulfonamides is 1. The molecule has 3 rings (SSSR count). The topological polar surface area (TPSA) is 84.8 Å². The molecule has 0 unspecified atom stereocenters. The lowest BCUT2D eigenvalue weighted by Gasteiger charge is -2.09. The number of hydrogen-bond acceptors (Lipinski definition) is 5. The highest BCUT2D eigenvalue weighted by Crippen LogP contribution is 2.23. The van der Waals surface area contributed by atoms with E-state index in [1.807, 2.05) is 0 Å². The van der Waals surface area contributed by atoms with Gasteiger partial charge in [-0.25, -0.2) is 18.4 Å². The molecular weight excluding hydrogens is 356 g/mol. The summed E-state index contributed by atoms with van der Waals surface area (Å²) in [6.45, 7) is 0. The molecule has 2 heterocycles. The van der Waals surface area contributed by atoms with Gasteiger partial charge in [-0.15, -0.1) is 0 Å². The third-order valence-corrected chi connectivity index (χ3v) is 4.61. The van der Waals surface area contributed by atoms with Gasteiger partial charge in [0, 0.05) is 23.2 Å². The van der Waals surface area contributed by atoms with Crippen LogP contribution in [0.15, 0.2) is 58.6 Å². The maximum absolute atomic E-state index is 12.5. The number of nitrogens with one attached hydrogen (secondary N) is 1. The molecule has 0 radical (unpaired) electrons. The van der Waals surface area contributed by atoms with Crippen LogP contribution in [0.1, 0.15) is 0 Å². The van der Waals surface area contributed by atoms with E-state index in [9.17, 15) is 8.42 Å².